The van der Waals surface area contributed by atoms with E-state index in [2.05, 4.69) is 25.7 Å². The van der Waals surface area contributed by atoms with Crippen LogP contribution in [0.2, 0.25) is 0 Å². The maximum absolute atomic E-state index is 6.05. The summed E-state index contributed by atoms with van der Waals surface area (Å²) in [7, 11) is 0. The molecule has 3 unspecified atom stereocenters. The predicted molar refractivity (Wildman–Crippen MR) is 80.0 cm³/mol. The molecule has 4 rings (SSSR count). The van der Waals surface area contributed by atoms with Crippen LogP contribution in [0.25, 0.3) is 0 Å². The van der Waals surface area contributed by atoms with E-state index in [1.165, 1.54) is 6.42 Å². The summed E-state index contributed by atoms with van der Waals surface area (Å²) >= 11 is 0. The largest absolute Gasteiger partial charge is 0.486 e. The van der Waals surface area contributed by atoms with E-state index in [4.69, 9.17) is 19.4 Å². The first kappa shape index (κ1) is 13.3. The zero-order chi connectivity index (χ0) is 14.6. The average Bonchev–Trinajstić information content (AvgIpc) is 2.88. The zero-order valence-corrected chi connectivity index (χ0v) is 13.0. The molecule has 0 aromatic carbocycles. The fourth-order valence-corrected chi connectivity index (χ4v) is 3.69. The second-order valence-electron chi connectivity index (χ2n) is 6.69. The van der Waals surface area contributed by atoms with E-state index >= 15 is 0 Å². The number of aromatic nitrogens is 2. The highest BCUT2D eigenvalue weighted by Crippen LogP contribution is 2.42. The first-order valence-corrected chi connectivity index (χ1v) is 8.09. The second kappa shape index (κ2) is 4.83. The van der Waals surface area contributed by atoms with Gasteiger partial charge in [-0.25, -0.2) is 9.97 Å². The molecule has 3 aliphatic heterocycles. The fourth-order valence-electron chi connectivity index (χ4n) is 3.69. The lowest BCUT2D eigenvalue weighted by Gasteiger charge is -2.43. The topological polar surface area (TPSA) is 47.5 Å². The smallest absolute Gasteiger partial charge is 0.183 e. The maximum atomic E-state index is 6.05. The normalized spacial score (nSPS) is 30.1. The van der Waals surface area contributed by atoms with E-state index in [-0.39, 0.29) is 0 Å². The number of anilines is 1. The number of hydrogen-bond donors (Lipinski definition) is 0. The van der Waals surface area contributed by atoms with Crippen LogP contribution < -0.4 is 9.64 Å². The third-order valence-electron chi connectivity index (χ3n) is 4.85. The first-order valence-electron chi connectivity index (χ1n) is 8.09. The summed E-state index contributed by atoms with van der Waals surface area (Å²) in [6.45, 7) is 9.04. The molecule has 0 radical (unpaired) electrons. The van der Waals surface area contributed by atoms with Crippen molar-refractivity contribution in [2.24, 2.45) is 5.92 Å². The van der Waals surface area contributed by atoms with E-state index in [0.29, 0.717) is 30.6 Å². The first-order chi connectivity index (χ1) is 10.2. The van der Waals surface area contributed by atoms with Gasteiger partial charge in [0.05, 0.1) is 24.4 Å². The molecule has 2 saturated heterocycles. The van der Waals surface area contributed by atoms with Crippen molar-refractivity contribution in [3.05, 3.63) is 11.5 Å². The fraction of sp³-hybridized carbons (Fsp3) is 0.750. The van der Waals surface area contributed by atoms with E-state index in [1.807, 2.05) is 0 Å². The standard InChI is InChI=1S/C16H23N3O2/c1-4-11-14-16(18-15(17-11)9(2)3)19-6-10-5-13(20-7-10)12(19)8-21-14/h9-10,12-13H,4-8H2,1-3H3. The van der Waals surface area contributed by atoms with Gasteiger partial charge >= 0.3 is 0 Å². The van der Waals surface area contributed by atoms with Crippen molar-refractivity contribution in [2.75, 3.05) is 24.7 Å². The lowest BCUT2D eigenvalue weighted by molar-refractivity contribution is 0.0698. The molecule has 2 bridgehead atoms. The lowest BCUT2D eigenvalue weighted by Crippen LogP contribution is -2.54. The Morgan fingerprint density at radius 2 is 2.14 bits per heavy atom. The molecule has 0 spiro atoms. The number of aryl methyl sites for hydroxylation is 1. The molecule has 2 fully saturated rings. The number of rotatable bonds is 2. The SMILES string of the molecule is CCc1nc(C(C)C)nc2c1OCC1C3CC(CO3)CN21. The van der Waals surface area contributed by atoms with Gasteiger partial charge in [0, 0.05) is 18.4 Å². The van der Waals surface area contributed by atoms with Gasteiger partial charge in [-0.2, -0.15) is 0 Å². The summed E-state index contributed by atoms with van der Waals surface area (Å²) in [6.07, 6.45) is 2.36. The van der Waals surface area contributed by atoms with Crippen molar-refractivity contribution in [2.45, 2.75) is 51.7 Å². The van der Waals surface area contributed by atoms with E-state index in [1.54, 1.807) is 0 Å². The van der Waals surface area contributed by atoms with Gasteiger partial charge in [-0.1, -0.05) is 20.8 Å². The summed E-state index contributed by atoms with van der Waals surface area (Å²) in [5.74, 6) is 3.80. The molecule has 1 aromatic heterocycles. The Labute approximate surface area is 125 Å². The molecule has 3 aliphatic rings. The lowest BCUT2D eigenvalue weighted by atomic mass is 9.93. The summed E-state index contributed by atoms with van der Waals surface area (Å²) in [5, 5.41) is 0. The molecule has 1 aromatic rings. The third kappa shape index (κ3) is 2.01. The third-order valence-corrected chi connectivity index (χ3v) is 4.85. The monoisotopic (exact) mass is 289 g/mol. The molecule has 0 aliphatic carbocycles. The Morgan fingerprint density at radius 3 is 2.90 bits per heavy atom. The van der Waals surface area contributed by atoms with E-state index < -0.39 is 0 Å². The van der Waals surface area contributed by atoms with Crippen molar-refractivity contribution >= 4 is 5.82 Å². The van der Waals surface area contributed by atoms with Crippen molar-refractivity contribution in [1.29, 1.82) is 0 Å². The molecular formula is C16H23N3O2. The van der Waals surface area contributed by atoms with Gasteiger partial charge in [0.25, 0.3) is 0 Å². The molecule has 114 valence electrons. The average molecular weight is 289 g/mol. The van der Waals surface area contributed by atoms with Gasteiger partial charge in [0.15, 0.2) is 11.6 Å². The summed E-state index contributed by atoms with van der Waals surface area (Å²) in [6, 6.07) is 0.316. The highest BCUT2D eigenvalue weighted by molar-refractivity contribution is 5.58. The van der Waals surface area contributed by atoms with Crippen LogP contribution in [0.1, 0.15) is 44.6 Å². The van der Waals surface area contributed by atoms with Gasteiger partial charge in [0.2, 0.25) is 0 Å². The van der Waals surface area contributed by atoms with Gasteiger partial charge in [-0.05, 0) is 12.8 Å². The van der Waals surface area contributed by atoms with Crippen LogP contribution in [0.5, 0.6) is 5.75 Å². The van der Waals surface area contributed by atoms with Crippen molar-refractivity contribution in [3.8, 4) is 5.75 Å². The molecule has 4 heterocycles. The van der Waals surface area contributed by atoms with Crippen LogP contribution in [-0.4, -0.2) is 41.9 Å². The minimum absolute atomic E-state index is 0.305. The molecule has 5 nitrogen and oxygen atoms in total. The Morgan fingerprint density at radius 1 is 1.29 bits per heavy atom. The van der Waals surface area contributed by atoms with Gasteiger partial charge in [0.1, 0.15) is 12.4 Å². The molecule has 0 N–H and O–H groups in total. The van der Waals surface area contributed by atoms with Crippen LogP contribution in [-0.2, 0) is 11.2 Å². The maximum Gasteiger partial charge on any atom is 0.183 e. The van der Waals surface area contributed by atoms with Crippen LogP contribution in [0, 0.1) is 5.92 Å². The molecule has 21 heavy (non-hydrogen) atoms. The van der Waals surface area contributed by atoms with E-state index in [9.17, 15) is 0 Å². The van der Waals surface area contributed by atoms with Crippen molar-refractivity contribution in [1.82, 2.24) is 9.97 Å². The molecule has 5 heteroatoms. The van der Waals surface area contributed by atoms with Crippen LogP contribution in [0.3, 0.4) is 0 Å². The summed E-state index contributed by atoms with van der Waals surface area (Å²) in [4.78, 5) is 12.0. The number of hydrogen-bond acceptors (Lipinski definition) is 5. The number of piperidine rings is 1. The molecule has 3 atom stereocenters. The quantitative estimate of drug-likeness (QED) is 0.835. The number of ether oxygens (including phenoxy) is 2. The van der Waals surface area contributed by atoms with Crippen LogP contribution in [0.15, 0.2) is 0 Å². The Bertz CT molecular complexity index is 561. The summed E-state index contributed by atoms with van der Waals surface area (Å²) in [5.41, 5.74) is 1.04. The zero-order valence-electron chi connectivity index (χ0n) is 13.0. The van der Waals surface area contributed by atoms with Crippen LogP contribution in [0.4, 0.5) is 5.82 Å². The highest BCUT2D eigenvalue weighted by Gasteiger charge is 2.46. The van der Waals surface area contributed by atoms with Crippen molar-refractivity contribution in [3.63, 3.8) is 0 Å². The minimum Gasteiger partial charge on any atom is -0.486 e. The van der Waals surface area contributed by atoms with Crippen molar-refractivity contribution < 1.29 is 9.47 Å². The molecule has 0 saturated carbocycles. The predicted octanol–water partition coefficient (Wildman–Crippen LogP) is 2.15. The molecular weight excluding hydrogens is 266 g/mol. The summed E-state index contributed by atoms with van der Waals surface area (Å²) < 4.78 is 12.0. The Balaban J connectivity index is 1.80. The Hall–Kier alpha value is -1.36. The van der Waals surface area contributed by atoms with Gasteiger partial charge < -0.3 is 14.4 Å². The van der Waals surface area contributed by atoms with E-state index in [0.717, 1.165) is 42.7 Å². The number of nitrogens with zero attached hydrogens (tertiary/aromatic N) is 3. The van der Waals surface area contributed by atoms with Gasteiger partial charge in [-0.3, -0.25) is 0 Å². The Kier molecular flexibility index (Phi) is 3.06. The highest BCUT2D eigenvalue weighted by atomic mass is 16.5. The minimum atomic E-state index is 0.305. The second-order valence-corrected chi connectivity index (χ2v) is 6.69. The molecule has 0 amide bonds. The van der Waals surface area contributed by atoms with Gasteiger partial charge in [-0.15, -0.1) is 0 Å². The number of fused-ring (bicyclic) bond motifs is 6. The van der Waals surface area contributed by atoms with Crippen LogP contribution >= 0.6 is 0 Å².